The van der Waals surface area contributed by atoms with E-state index < -0.39 is 0 Å². The lowest BCUT2D eigenvalue weighted by molar-refractivity contribution is -0.121. The Morgan fingerprint density at radius 1 is 1.73 bits per heavy atom. The fourth-order valence-electron chi connectivity index (χ4n) is 0.666. The lowest BCUT2D eigenvalue weighted by Gasteiger charge is -2.07. The second kappa shape index (κ2) is 3.43. The van der Waals surface area contributed by atoms with Gasteiger partial charge in [-0.05, 0) is 11.9 Å². The normalized spacial score (nSPS) is 16.9. The molecule has 0 saturated carbocycles. The summed E-state index contributed by atoms with van der Waals surface area (Å²) in [7, 11) is 0. The van der Waals surface area contributed by atoms with E-state index in [0.717, 1.165) is 16.3 Å². The van der Waals surface area contributed by atoms with Crippen LogP contribution in [0.4, 0.5) is 4.79 Å². The minimum absolute atomic E-state index is 0.114. The summed E-state index contributed by atoms with van der Waals surface area (Å²) in [5, 5.41) is 2.41. The lowest BCUT2D eigenvalue weighted by atomic mass is 10.7. The highest BCUT2D eigenvalue weighted by molar-refractivity contribution is 7.98. The van der Waals surface area contributed by atoms with Gasteiger partial charge in [-0.2, -0.15) is 0 Å². The van der Waals surface area contributed by atoms with Crippen LogP contribution >= 0.6 is 11.9 Å². The molecule has 0 bridgehead atoms. The van der Waals surface area contributed by atoms with Crippen molar-refractivity contribution in [2.24, 2.45) is 0 Å². The molecule has 0 radical (unpaired) electrons. The van der Waals surface area contributed by atoms with E-state index >= 15 is 0 Å². The Morgan fingerprint density at radius 3 is 2.91 bits per heavy atom. The third kappa shape index (κ3) is 1.74. The highest BCUT2D eigenvalue weighted by Crippen LogP contribution is 2.13. The maximum absolute atomic E-state index is 10.9. The number of rotatable bonds is 3. The van der Waals surface area contributed by atoms with Gasteiger partial charge in [0.1, 0.15) is 6.54 Å². The van der Waals surface area contributed by atoms with E-state index in [1.807, 2.05) is 0 Å². The SMILES string of the molecule is C=CCSN1C(=O)CNC1=O. The predicted octanol–water partition coefficient (Wildman–Crippen LogP) is 0.372. The lowest BCUT2D eigenvalue weighted by Crippen LogP contribution is -2.24. The van der Waals surface area contributed by atoms with Crippen molar-refractivity contribution >= 4 is 23.9 Å². The first-order valence-corrected chi connectivity index (χ1v) is 4.04. The zero-order valence-corrected chi connectivity index (χ0v) is 6.69. The molecule has 5 heteroatoms. The van der Waals surface area contributed by atoms with Crippen molar-refractivity contribution in [2.45, 2.75) is 0 Å². The van der Waals surface area contributed by atoms with E-state index in [4.69, 9.17) is 0 Å². The molecule has 1 N–H and O–H groups in total. The molecule has 0 aromatic heterocycles. The van der Waals surface area contributed by atoms with Crippen LogP contribution in [0.15, 0.2) is 12.7 Å². The summed E-state index contributed by atoms with van der Waals surface area (Å²) in [5.41, 5.74) is 0. The number of carbonyl (C=O) groups is 2. The molecule has 1 fully saturated rings. The Kier molecular flexibility index (Phi) is 2.53. The van der Waals surface area contributed by atoms with E-state index in [1.165, 1.54) is 0 Å². The Hall–Kier alpha value is -0.970. The first kappa shape index (κ1) is 8.13. The van der Waals surface area contributed by atoms with Gasteiger partial charge in [0.05, 0.1) is 0 Å². The standard InChI is InChI=1S/C6H8N2O2S/c1-2-3-11-8-5(9)4-7-6(8)10/h2H,1,3-4H2,(H,7,10). The summed E-state index contributed by atoms with van der Waals surface area (Å²) in [5.74, 6) is 0.376. The van der Waals surface area contributed by atoms with Crippen LogP contribution in [-0.4, -0.2) is 28.5 Å². The van der Waals surface area contributed by atoms with Crippen molar-refractivity contribution in [1.29, 1.82) is 0 Å². The molecule has 11 heavy (non-hydrogen) atoms. The summed E-state index contributed by atoms with van der Waals surface area (Å²) >= 11 is 1.15. The Labute approximate surface area is 68.8 Å². The number of nitrogens with zero attached hydrogens (tertiary/aromatic N) is 1. The van der Waals surface area contributed by atoms with Gasteiger partial charge in [0, 0.05) is 5.75 Å². The van der Waals surface area contributed by atoms with Gasteiger partial charge < -0.3 is 5.32 Å². The number of imide groups is 1. The van der Waals surface area contributed by atoms with Crippen LogP contribution < -0.4 is 5.32 Å². The minimum atomic E-state index is -0.332. The van der Waals surface area contributed by atoms with Crippen molar-refractivity contribution in [3.05, 3.63) is 12.7 Å². The maximum atomic E-state index is 10.9. The zero-order valence-electron chi connectivity index (χ0n) is 5.87. The van der Waals surface area contributed by atoms with E-state index in [1.54, 1.807) is 6.08 Å². The van der Waals surface area contributed by atoms with Gasteiger partial charge in [-0.25, -0.2) is 9.10 Å². The maximum Gasteiger partial charge on any atom is 0.334 e. The van der Waals surface area contributed by atoms with Crippen LogP contribution in [0.25, 0.3) is 0 Å². The zero-order chi connectivity index (χ0) is 8.27. The monoisotopic (exact) mass is 172 g/mol. The highest BCUT2D eigenvalue weighted by Gasteiger charge is 2.28. The molecule has 3 amide bonds. The fraction of sp³-hybridized carbons (Fsp3) is 0.333. The number of nitrogens with one attached hydrogen (secondary N) is 1. The van der Waals surface area contributed by atoms with E-state index in [9.17, 15) is 9.59 Å². The molecule has 0 aliphatic carbocycles. The molecule has 0 unspecified atom stereocenters. The Bertz CT molecular complexity index is 189. The van der Waals surface area contributed by atoms with Crippen molar-refractivity contribution < 1.29 is 9.59 Å². The Morgan fingerprint density at radius 2 is 2.45 bits per heavy atom. The minimum Gasteiger partial charge on any atom is -0.328 e. The molecule has 60 valence electrons. The third-order valence-electron chi connectivity index (χ3n) is 1.12. The van der Waals surface area contributed by atoms with E-state index in [-0.39, 0.29) is 18.5 Å². The third-order valence-corrected chi connectivity index (χ3v) is 2.14. The smallest absolute Gasteiger partial charge is 0.328 e. The summed E-state index contributed by atoms with van der Waals surface area (Å²) < 4.78 is 1.11. The average Bonchev–Trinajstić information content (AvgIpc) is 2.29. The van der Waals surface area contributed by atoms with Gasteiger partial charge in [-0.1, -0.05) is 6.08 Å². The molecule has 1 rings (SSSR count). The number of hydrogen-bond acceptors (Lipinski definition) is 3. The highest BCUT2D eigenvalue weighted by atomic mass is 32.2. The molecule has 0 spiro atoms. The number of hydrogen-bond donors (Lipinski definition) is 1. The summed E-state index contributed by atoms with van der Waals surface area (Å²) in [6, 6.07) is -0.332. The topological polar surface area (TPSA) is 49.4 Å². The van der Waals surface area contributed by atoms with Gasteiger partial charge in [0.15, 0.2) is 0 Å². The largest absolute Gasteiger partial charge is 0.334 e. The second-order valence-corrected chi connectivity index (χ2v) is 2.89. The first-order valence-electron chi connectivity index (χ1n) is 3.10. The fourth-order valence-corrected chi connectivity index (χ4v) is 1.31. The second-order valence-electron chi connectivity index (χ2n) is 1.93. The number of urea groups is 1. The van der Waals surface area contributed by atoms with Crippen molar-refractivity contribution in [3.63, 3.8) is 0 Å². The quantitative estimate of drug-likeness (QED) is 0.380. The van der Waals surface area contributed by atoms with Crippen LogP contribution in [-0.2, 0) is 4.79 Å². The molecule has 0 aromatic rings. The van der Waals surface area contributed by atoms with Crippen LogP contribution in [0.5, 0.6) is 0 Å². The van der Waals surface area contributed by atoms with Gasteiger partial charge in [-0.3, -0.25) is 4.79 Å². The molecule has 4 nitrogen and oxygen atoms in total. The number of carbonyl (C=O) groups excluding carboxylic acids is 2. The molecule has 0 atom stereocenters. The van der Waals surface area contributed by atoms with Crippen LogP contribution in [0.3, 0.4) is 0 Å². The van der Waals surface area contributed by atoms with Crippen LogP contribution in [0.1, 0.15) is 0 Å². The van der Waals surface area contributed by atoms with Crippen LogP contribution in [0.2, 0.25) is 0 Å². The van der Waals surface area contributed by atoms with Crippen molar-refractivity contribution in [1.82, 2.24) is 9.62 Å². The molecular weight excluding hydrogens is 164 g/mol. The Balaban J connectivity index is 2.47. The molecular formula is C6H8N2O2S. The van der Waals surface area contributed by atoms with Gasteiger partial charge in [-0.15, -0.1) is 6.58 Å². The summed E-state index contributed by atoms with van der Waals surface area (Å²) in [6.07, 6.45) is 1.64. The van der Waals surface area contributed by atoms with E-state index in [2.05, 4.69) is 11.9 Å². The molecule has 1 aliphatic heterocycles. The van der Waals surface area contributed by atoms with Gasteiger partial charge >= 0.3 is 6.03 Å². The first-order chi connectivity index (χ1) is 5.25. The van der Waals surface area contributed by atoms with Crippen molar-refractivity contribution in [3.8, 4) is 0 Å². The molecule has 0 aromatic carbocycles. The van der Waals surface area contributed by atoms with Crippen LogP contribution in [0, 0.1) is 0 Å². The summed E-state index contributed by atoms with van der Waals surface area (Å²) in [4.78, 5) is 21.7. The average molecular weight is 172 g/mol. The van der Waals surface area contributed by atoms with Gasteiger partial charge in [0.2, 0.25) is 0 Å². The molecule has 1 heterocycles. The van der Waals surface area contributed by atoms with Gasteiger partial charge in [0.25, 0.3) is 5.91 Å². The summed E-state index contributed by atoms with van der Waals surface area (Å²) in [6.45, 7) is 3.60. The molecule has 1 saturated heterocycles. The molecule has 1 aliphatic rings. The predicted molar refractivity (Wildman–Crippen MR) is 42.9 cm³/mol. The van der Waals surface area contributed by atoms with Crippen molar-refractivity contribution in [2.75, 3.05) is 12.3 Å². The number of amides is 3. The van der Waals surface area contributed by atoms with E-state index in [0.29, 0.717) is 5.75 Å².